The van der Waals surface area contributed by atoms with E-state index in [-0.39, 0.29) is 16.7 Å². The molecular weight excluding hydrogens is 230 g/mol. The van der Waals surface area contributed by atoms with Crippen LogP contribution in [0, 0.1) is 0 Å². The van der Waals surface area contributed by atoms with Crippen molar-refractivity contribution >= 4 is 16.9 Å². The number of H-pyrrole nitrogens is 2. The number of aromatic nitrogens is 4. The van der Waals surface area contributed by atoms with Gasteiger partial charge in [0.2, 0.25) is 5.91 Å². The fraction of sp³-hybridized carbons (Fsp3) is 0.250. The van der Waals surface area contributed by atoms with E-state index in [0.717, 1.165) is 6.33 Å². The summed E-state index contributed by atoms with van der Waals surface area (Å²) in [7, 11) is 0. The lowest BCUT2D eigenvalue weighted by molar-refractivity contribution is -0.132. The molecule has 0 fully saturated rings. The van der Waals surface area contributed by atoms with E-state index in [2.05, 4.69) is 20.2 Å². The van der Waals surface area contributed by atoms with E-state index in [0.29, 0.717) is 0 Å². The first-order valence-electron chi connectivity index (χ1n) is 4.59. The molecule has 2 heterocycles. The van der Waals surface area contributed by atoms with Gasteiger partial charge < -0.3 is 20.9 Å². The van der Waals surface area contributed by atoms with Gasteiger partial charge >= 0.3 is 0 Å². The van der Waals surface area contributed by atoms with Gasteiger partial charge in [0, 0.05) is 0 Å². The zero-order valence-corrected chi connectivity index (χ0v) is 8.41. The Kier molecular flexibility index (Phi) is 2.61. The van der Waals surface area contributed by atoms with Crippen molar-refractivity contribution in [3.05, 3.63) is 22.4 Å². The molecule has 0 saturated carbocycles. The molecular formula is C8H9N5O4. The van der Waals surface area contributed by atoms with Crippen LogP contribution in [0.2, 0.25) is 0 Å². The second-order valence-corrected chi connectivity index (χ2v) is 3.36. The summed E-state index contributed by atoms with van der Waals surface area (Å²) in [6, 6.07) is 0. The summed E-state index contributed by atoms with van der Waals surface area (Å²) >= 11 is 0. The maximum Gasteiger partial charge on any atom is 0.262 e. The quantitative estimate of drug-likeness (QED) is 0.399. The van der Waals surface area contributed by atoms with E-state index in [4.69, 9.17) is 5.73 Å². The van der Waals surface area contributed by atoms with Gasteiger partial charge in [-0.15, -0.1) is 0 Å². The van der Waals surface area contributed by atoms with Gasteiger partial charge in [-0.1, -0.05) is 0 Å². The van der Waals surface area contributed by atoms with Crippen molar-refractivity contribution in [3.8, 4) is 0 Å². The van der Waals surface area contributed by atoms with Gasteiger partial charge in [0.15, 0.2) is 11.8 Å². The first-order chi connectivity index (χ1) is 8.02. The summed E-state index contributed by atoms with van der Waals surface area (Å²) in [5.41, 5.74) is 4.25. The summed E-state index contributed by atoms with van der Waals surface area (Å²) in [4.78, 5) is 28.3. The van der Waals surface area contributed by atoms with E-state index in [1.165, 1.54) is 0 Å². The molecule has 0 saturated heterocycles. The molecule has 0 bridgehead atoms. The number of amides is 1. The lowest BCUT2D eigenvalue weighted by Gasteiger charge is -2.12. The number of primary amides is 1. The lowest BCUT2D eigenvalue weighted by atomic mass is 10.1. The highest BCUT2D eigenvalue weighted by Gasteiger charge is 2.28. The predicted molar refractivity (Wildman–Crippen MR) is 54.7 cm³/mol. The molecule has 0 spiro atoms. The molecule has 0 aliphatic carbocycles. The van der Waals surface area contributed by atoms with Crippen molar-refractivity contribution in [1.29, 1.82) is 0 Å². The van der Waals surface area contributed by atoms with Crippen molar-refractivity contribution in [3.63, 3.8) is 0 Å². The summed E-state index contributed by atoms with van der Waals surface area (Å²) < 4.78 is 0. The number of aliphatic hydroxyl groups excluding tert-OH is 2. The number of aromatic amines is 2. The van der Waals surface area contributed by atoms with Crippen molar-refractivity contribution in [2.24, 2.45) is 5.73 Å². The highest BCUT2D eigenvalue weighted by molar-refractivity contribution is 5.82. The van der Waals surface area contributed by atoms with Gasteiger partial charge in [0.25, 0.3) is 5.56 Å². The van der Waals surface area contributed by atoms with Crippen LogP contribution in [0.4, 0.5) is 0 Å². The number of hydrogen-bond acceptors (Lipinski definition) is 6. The van der Waals surface area contributed by atoms with Crippen molar-refractivity contribution < 1.29 is 15.0 Å². The highest BCUT2D eigenvalue weighted by atomic mass is 16.3. The number of nitrogens with two attached hydrogens (primary N) is 1. The Morgan fingerprint density at radius 2 is 2.18 bits per heavy atom. The summed E-state index contributed by atoms with van der Waals surface area (Å²) in [6.07, 6.45) is -2.35. The van der Waals surface area contributed by atoms with E-state index in [1.807, 2.05) is 0 Å². The first kappa shape index (κ1) is 11.2. The minimum atomic E-state index is -1.83. The van der Waals surface area contributed by atoms with Gasteiger partial charge in [0.1, 0.15) is 11.5 Å². The second-order valence-electron chi connectivity index (χ2n) is 3.36. The largest absolute Gasteiger partial charge is 0.383 e. The number of fused-ring (bicyclic) bond motifs is 1. The maximum absolute atomic E-state index is 11.5. The third kappa shape index (κ3) is 1.77. The molecule has 90 valence electrons. The van der Waals surface area contributed by atoms with Gasteiger partial charge in [-0.25, -0.2) is 4.98 Å². The smallest absolute Gasteiger partial charge is 0.262 e. The van der Waals surface area contributed by atoms with Crippen LogP contribution < -0.4 is 11.3 Å². The van der Waals surface area contributed by atoms with Crippen molar-refractivity contribution in [2.45, 2.75) is 12.2 Å². The third-order valence-electron chi connectivity index (χ3n) is 2.27. The molecule has 2 unspecified atom stereocenters. The molecule has 2 aromatic rings. The molecule has 17 heavy (non-hydrogen) atoms. The Morgan fingerprint density at radius 1 is 1.47 bits per heavy atom. The SMILES string of the molecule is NC(=O)C(O)C(O)c1[nH]nc2nc[nH]c(=O)c12. The zero-order valence-electron chi connectivity index (χ0n) is 8.41. The number of nitrogens with zero attached hydrogens (tertiary/aromatic N) is 2. The van der Waals surface area contributed by atoms with Crippen LogP contribution in [-0.2, 0) is 4.79 Å². The van der Waals surface area contributed by atoms with E-state index in [1.54, 1.807) is 0 Å². The van der Waals surface area contributed by atoms with Crippen LogP contribution in [0.25, 0.3) is 11.0 Å². The average Bonchev–Trinajstić information content (AvgIpc) is 2.72. The summed E-state index contributed by atoms with van der Waals surface area (Å²) in [6.45, 7) is 0. The molecule has 0 aliphatic rings. The van der Waals surface area contributed by atoms with Crippen LogP contribution in [0.1, 0.15) is 11.8 Å². The minimum absolute atomic E-state index is 0.0275. The second kappa shape index (κ2) is 3.96. The molecule has 0 radical (unpaired) electrons. The van der Waals surface area contributed by atoms with Crippen LogP contribution >= 0.6 is 0 Å². The number of nitrogens with one attached hydrogen (secondary N) is 2. The van der Waals surface area contributed by atoms with Gasteiger partial charge in [0.05, 0.1) is 12.0 Å². The molecule has 2 atom stereocenters. The highest BCUT2D eigenvalue weighted by Crippen LogP contribution is 2.19. The predicted octanol–water partition coefficient (Wildman–Crippen LogP) is -2.47. The third-order valence-corrected chi connectivity index (χ3v) is 2.27. The Morgan fingerprint density at radius 3 is 2.82 bits per heavy atom. The van der Waals surface area contributed by atoms with Crippen molar-refractivity contribution in [2.75, 3.05) is 0 Å². The Hall–Kier alpha value is -2.26. The monoisotopic (exact) mass is 239 g/mol. The Balaban J connectivity index is 2.57. The van der Waals surface area contributed by atoms with E-state index in [9.17, 15) is 19.8 Å². The van der Waals surface area contributed by atoms with Crippen LogP contribution in [0.15, 0.2) is 11.1 Å². The van der Waals surface area contributed by atoms with Gasteiger partial charge in [-0.05, 0) is 0 Å². The number of carbonyl (C=O) groups excluding carboxylic acids is 1. The number of rotatable bonds is 3. The average molecular weight is 239 g/mol. The molecule has 1 amide bonds. The van der Waals surface area contributed by atoms with Crippen molar-refractivity contribution in [1.82, 2.24) is 20.2 Å². The lowest BCUT2D eigenvalue weighted by Crippen LogP contribution is -2.34. The molecule has 0 aromatic carbocycles. The van der Waals surface area contributed by atoms with Gasteiger partial charge in [-0.2, -0.15) is 5.10 Å². The van der Waals surface area contributed by atoms with E-state index >= 15 is 0 Å². The Bertz CT molecular complexity index is 618. The molecule has 2 rings (SSSR count). The van der Waals surface area contributed by atoms with Crippen LogP contribution in [0.5, 0.6) is 0 Å². The Labute approximate surface area is 93.3 Å². The molecule has 0 aliphatic heterocycles. The summed E-state index contributed by atoms with van der Waals surface area (Å²) in [5.74, 6) is -1.11. The minimum Gasteiger partial charge on any atom is -0.383 e. The zero-order chi connectivity index (χ0) is 12.6. The topological polar surface area (TPSA) is 158 Å². The standard InChI is InChI=1S/C8H9N5O4/c9-6(16)5(15)4(14)3-2-7(13-12-3)10-1-11-8(2)17/h1,4-5,14-15H,(H2,9,16)(H2,10,11,12,13,17). The number of hydrogen-bond donors (Lipinski definition) is 5. The number of aliphatic hydroxyl groups is 2. The fourth-order valence-electron chi connectivity index (χ4n) is 1.41. The summed E-state index contributed by atoms with van der Waals surface area (Å²) in [5, 5.41) is 25.0. The normalized spacial score (nSPS) is 14.7. The first-order valence-corrected chi connectivity index (χ1v) is 4.59. The molecule has 9 nitrogen and oxygen atoms in total. The van der Waals surface area contributed by atoms with Crippen LogP contribution in [-0.4, -0.2) is 42.4 Å². The van der Waals surface area contributed by atoms with Crippen LogP contribution in [0.3, 0.4) is 0 Å². The molecule has 9 heteroatoms. The molecule has 6 N–H and O–H groups in total. The van der Waals surface area contributed by atoms with Gasteiger partial charge in [-0.3, -0.25) is 14.7 Å². The molecule has 2 aromatic heterocycles. The van der Waals surface area contributed by atoms with E-state index < -0.39 is 23.7 Å². The number of carbonyl (C=O) groups is 1. The maximum atomic E-state index is 11.5. The fourth-order valence-corrected chi connectivity index (χ4v) is 1.41.